The smallest absolute Gasteiger partial charge is 0.0406 e. The van der Waals surface area contributed by atoms with Crippen molar-refractivity contribution in [3.63, 3.8) is 0 Å². The Balaban J connectivity index is 1.59. The molecule has 0 radical (unpaired) electrons. The zero-order chi connectivity index (χ0) is 15.6. The number of fused-ring (bicyclic) bond motifs is 2. The molecular weight excluding hydrogens is 302 g/mol. The second kappa shape index (κ2) is 6.51. The highest BCUT2D eigenvalue weighted by atomic mass is 35.5. The fraction of sp³-hybridized carbons (Fsp3) is 0.333. The Bertz CT molecular complexity index is 690. The van der Waals surface area contributed by atoms with Gasteiger partial charge in [0.05, 0.1) is 0 Å². The molecule has 1 fully saturated rings. The highest BCUT2D eigenvalue weighted by Gasteiger charge is 2.33. The van der Waals surface area contributed by atoms with Crippen LogP contribution in [0.5, 0.6) is 0 Å². The van der Waals surface area contributed by atoms with Gasteiger partial charge in [-0.3, -0.25) is 4.90 Å². The van der Waals surface area contributed by atoms with Gasteiger partial charge in [0.2, 0.25) is 0 Å². The molecule has 2 aromatic rings. The van der Waals surface area contributed by atoms with E-state index in [0.29, 0.717) is 12.1 Å². The first-order valence-electron chi connectivity index (χ1n) is 8.56. The summed E-state index contributed by atoms with van der Waals surface area (Å²) in [4.78, 5) is 2.71. The fourth-order valence-corrected chi connectivity index (χ4v) is 4.16. The number of halogens is 1. The van der Waals surface area contributed by atoms with Gasteiger partial charge in [-0.1, -0.05) is 66.6 Å². The van der Waals surface area contributed by atoms with E-state index in [1.807, 2.05) is 12.1 Å². The van der Waals surface area contributed by atoms with E-state index in [0.717, 1.165) is 18.0 Å². The van der Waals surface area contributed by atoms with Crippen LogP contribution >= 0.6 is 11.6 Å². The molecular formula is C21H22ClN. The Kier molecular flexibility index (Phi) is 4.24. The van der Waals surface area contributed by atoms with Gasteiger partial charge in [-0.05, 0) is 48.1 Å². The van der Waals surface area contributed by atoms with Gasteiger partial charge in [0.15, 0.2) is 0 Å². The van der Waals surface area contributed by atoms with E-state index < -0.39 is 0 Å². The summed E-state index contributed by atoms with van der Waals surface area (Å²) in [7, 11) is 0. The van der Waals surface area contributed by atoms with Crippen molar-refractivity contribution in [2.75, 3.05) is 0 Å². The summed E-state index contributed by atoms with van der Waals surface area (Å²) in [6, 6.07) is 20.5. The number of nitrogens with zero attached hydrogens (tertiary/aromatic N) is 1. The van der Waals surface area contributed by atoms with E-state index in [1.165, 1.54) is 36.0 Å². The third-order valence-corrected chi connectivity index (χ3v) is 5.46. The molecule has 1 nitrogen and oxygen atoms in total. The molecule has 2 unspecified atom stereocenters. The van der Waals surface area contributed by atoms with Crippen LogP contribution in [-0.2, 0) is 6.54 Å². The molecule has 2 aliphatic rings. The number of hydrogen-bond acceptors (Lipinski definition) is 1. The molecule has 2 aliphatic heterocycles. The molecule has 2 atom stereocenters. The van der Waals surface area contributed by atoms with Crippen molar-refractivity contribution in [3.8, 4) is 0 Å². The molecule has 1 saturated heterocycles. The Labute approximate surface area is 143 Å². The highest BCUT2D eigenvalue weighted by molar-refractivity contribution is 6.30. The summed E-state index contributed by atoms with van der Waals surface area (Å²) in [5.74, 6) is 0. The molecule has 0 N–H and O–H groups in total. The normalized spacial score (nSPS) is 24.3. The summed E-state index contributed by atoms with van der Waals surface area (Å²) >= 11 is 6.03. The van der Waals surface area contributed by atoms with Crippen molar-refractivity contribution in [1.29, 1.82) is 0 Å². The first-order chi connectivity index (χ1) is 11.3. The van der Waals surface area contributed by atoms with Crippen LogP contribution in [0.1, 0.15) is 36.8 Å². The minimum Gasteiger partial charge on any atom is -0.289 e. The summed E-state index contributed by atoms with van der Waals surface area (Å²) in [5.41, 5.74) is 4.26. The quantitative estimate of drug-likeness (QED) is 0.715. The fourth-order valence-electron chi connectivity index (χ4n) is 4.04. The Morgan fingerprint density at radius 1 is 0.957 bits per heavy atom. The lowest BCUT2D eigenvalue weighted by Gasteiger charge is -2.45. The van der Waals surface area contributed by atoms with Gasteiger partial charge in [0.1, 0.15) is 0 Å². The average molecular weight is 324 g/mol. The van der Waals surface area contributed by atoms with Crippen LogP contribution in [-0.4, -0.2) is 17.0 Å². The predicted molar refractivity (Wildman–Crippen MR) is 97.5 cm³/mol. The van der Waals surface area contributed by atoms with Crippen LogP contribution in [0.4, 0.5) is 0 Å². The molecule has 0 aliphatic carbocycles. The Morgan fingerprint density at radius 3 is 2.48 bits per heavy atom. The van der Waals surface area contributed by atoms with Gasteiger partial charge in [-0.25, -0.2) is 0 Å². The topological polar surface area (TPSA) is 3.24 Å². The van der Waals surface area contributed by atoms with Gasteiger partial charge in [-0.15, -0.1) is 0 Å². The number of piperidine rings is 1. The van der Waals surface area contributed by atoms with Gasteiger partial charge >= 0.3 is 0 Å². The van der Waals surface area contributed by atoms with Crippen molar-refractivity contribution in [2.24, 2.45) is 0 Å². The van der Waals surface area contributed by atoms with E-state index in [-0.39, 0.29) is 0 Å². The van der Waals surface area contributed by atoms with Gasteiger partial charge in [0, 0.05) is 23.7 Å². The van der Waals surface area contributed by atoms with E-state index in [4.69, 9.17) is 11.6 Å². The van der Waals surface area contributed by atoms with Crippen LogP contribution in [0.3, 0.4) is 0 Å². The van der Waals surface area contributed by atoms with Gasteiger partial charge in [-0.2, -0.15) is 0 Å². The molecule has 0 saturated carbocycles. The zero-order valence-corrected chi connectivity index (χ0v) is 14.0. The number of rotatable bonds is 3. The first kappa shape index (κ1) is 15.0. The highest BCUT2D eigenvalue weighted by Crippen LogP contribution is 2.38. The van der Waals surface area contributed by atoms with Crippen molar-refractivity contribution < 1.29 is 0 Å². The summed E-state index contributed by atoms with van der Waals surface area (Å²) in [6.07, 6.45) is 7.60. The zero-order valence-electron chi connectivity index (χ0n) is 13.3. The van der Waals surface area contributed by atoms with Crippen LogP contribution in [0, 0.1) is 0 Å². The van der Waals surface area contributed by atoms with Gasteiger partial charge < -0.3 is 0 Å². The van der Waals surface area contributed by atoms with E-state index >= 15 is 0 Å². The lowest BCUT2D eigenvalue weighted by Crippen LogP contribution is -2.47. The minimum absolute atomic E-state index is 0.577. The number of hydrogen-bond donors (Lipinski definition) is 0. The van der Waals surface area contributed by atoms with E-state index in [1.54, 1.807) is 0 Å². The maximum absolute atomic E-state index is 6.03. The third kappa shape index (κ3) is 3.22. The molecule has 118 valence electrons. The standard InChI is InChI=1S/C21H22ClN/c22-19-11-9-17(10-12-19)18-13-20-7-4-8-21(14-18)23(20)15-16-5-2-1-3-6-16/h1-3,5-6,9-13,20-21H,4,7-8,14-15H2. The van der Waals surface area contributed by atoms with Crippen molar-refractivity contribution in [3.05, 3.63) is 76.8 Å². The second-order valence-corrected chi connectivity index (χ2v) is 7.15. The SMILES string of the molecule is Clc1ccc(C2=CC3CCCC(C2)N3Cc2ccccc2)cc1. The molecule has 2 bridgehead atoms. The molecule has 4 rings (SSSR count). The Hall–Kier alpha value is -1.57. The van der Waals surface area contributed by atoms with Crippen molar-refractivity contribution in [2.45, 2.75) is 44.3 Å². The maximum Gasteiger partial charge on any atom is 0.0406 e. The Morgan fingerprint density at radius 2 is 1.74 bits per heavy atom. The lowest BCUT2D eigenvalue weighted by molar-refractivity contribution is 0.0951. The average Bonchev–Trinajstić information content (AvgIpc) is 2.56. The van der Waals surface area contributed by atoms with Crippen LogP contribution in [0.2, 0.25) is 5.02 Å². The molecule has 2 aromatic carbocycles. The van der Waals surface area contributed by atoms with Crippen molar-refractivity contribution >= 4 is 17.2 Å². The van der Waals surface area contributed by atoms with Crippen LogP contribution in [0.25, 0.3) is 5.57 Å². The number of benzene rings is 2. The minimum atomic E-state index is 0.577. The molecule has 2 heterocycles. The van der Waals surface area contributed by atoms with Crippen LogP contribution in [0.15, 0.2) is 60.7 Å². The van der Waals surface area contributed by atoms with Crippen LogP contribution < -0.4 is 0 Å². The lowest BCUT2D eigenvalue weighted by atomic mass is 9.82. The summed E-state index contributed by atoms with van der Waals surface area (Å²) in [6.45, 7) is 1.07. The summed E-state index contributed by atoms with van der Waals surface area (Å²) < 4.78 is 0. The third-order valence-electron chi connectivity index (χ3n) is 5.20. The van der Waals surface area contributed by atoms with Crippen molar-refractivity contribution in [1.82, 2.24) is 4.90 Å². The maximum atomic E-state index is 6.03. The molecule has 0 aromatic heterocycles. The molecule has 23 heavy (non-hydrogen) atoms. The molecule has 2 heteroatoms. The van der Waals surface area contributed by atoms with E-state index in [9.17, 15) is 0 Å². The van der Waals surface area contributed by atoms with E-state index in [2.05, 4.69) is 53.4 Å². The van der Waals surface area contributed by atoms with Gasteiger partial charge in [0.25, 0.3) is 0 Å². The second-order valence-electron chi connectivity index (χ2n) is 6.71. The monoisotopic (exact) mass is 323 g/mol. The largest absolute Gasteiger partial charge is 0.289 e. The molecule has 0 amide bonds. The first-order valence-corrected chi connectivity index (χ1v) is 8.94. The summed E-state index contributed by atoms with van der Waals surface area (Å²) in [5, 5.41) is 0.816. The predicted octanol–water partition coefficient (Wildman–Crippen LogP) is 5.55. The molecule has 0 spiro atoms.